The number of benzene rings is 1. The maximum atomic E-state index is 11.2. The van der Waals surface area contributed by atoms with Gasteiger partial charge in [-0.2, -0.15) is 0 Å². The van der Waals surface area contributed by atoms with E-state index in [-0.39, 0.29) is 9.92 Å². The van der Waals surface area contributed by atoms with E-state index in [1.807, 2.05) is 0 Å². The molecule has 6 heteroatoms. The Balaban J connectivity index is 3.22. The van der Waals surface area contributed by atoms with Crippen molar-refractivity contribution >= 4 is 28.0 Å². The van der Waals surface area contributed by atoms with Crippen molar-refractivity contribution in [3.05, 3.63) is 29.3 Å². The topological polar surface area (TPSA) is 63.2 Å². The van der Waals surface area contributed by atoms with E-state index < -0.39 is 10.0 Å². The maximum absolute atomic E-state index is 11.2. The van der Waals surface area contributed by atoms with Crippen LogP contribution in [0.25, 0.3) is 0 Å². The molecule has 0 fully saturated rings. The molecule has 1 aromatic carbocycles. The molecule has 1 aromatic rings. The van der Waals surface area contributed by atoms with Gasteiger partial charge in [-0.3, -0.25) is 4.79 Å². The van der Waals surface area contributed by atoms with E-state index in [1.165, 1.54) is 18.2 Å². The summed E-state index contributed by atoms with van der Waals surface area (Å²) in [7, 11) is -3.85. The van der Waals surface area contributed by atoms with Gasteiger partial charge in [0, 0.05) is 0 Å². The monoisotopic (exact) mass is 218 g/mol. The Morgan fingerprint density at radius 1 is 1.31 bits per heavy atom. The van der Waals surface area contributed by atoms with E-state index in [1.54, 1.807) is 10.8 Å². The molecule has 0 aliphatic rings. The van der Waals surface area contributed by atoms with E-state index >= 15 is 0 Å². The Morgan fingerprint density at radius 2 is 1.92 bits per heavy atom. The first-order valence-corrected chi connectivity index (χ1v) is 5.07. The van der Waals surface area contributed by atoms with Crippen LogP contribution in [0.4, 0.5) is 0 Å². The number of halogens is 1. The van der Waals surface area contributed by atoms with Crippen LogP contribution < -0.4 is 4.72 Å². The Morgan fingerprint density at radius 3 is 2.46 bits per heavy atom. The quantitative estimate of drug-likeness (QED) is 0.760. The molecule has 0 spiro atoms. The van der Waals surface area contributed by atoms with Crippen LogP contribution in [0.3, 0.4) is 0 Å². The predicted molar refractivity (Wildman–Crippen MR) is 47.5 cm³/mol. The van der Waals surface area contributed by atoms with Gasteiger partial charge in [0.15, 0.2) is 0 Å². The average Bonchev–Trinajstić information content (AvgIpc) is 2.04. The average molecular weight is 219 g/mol. The first-order valence-electron chi connectivity index (χ1n) is 3.21. The molecule has 0 unspecified atom stereocenters. The number of hydrogen-bond donors (Lipinski definition) is 1. The van der Waals surface area contributed by atoms with Gasteiger partial charge in [0.2, 0.25) is 0 Å². The zero-order chi connectivity index (χ0) is 9.90. The van der Waals surface area contributed by atoms with E-state index in [0.29, 0.717) is 0 Å². The summed E-state index contributed by atoms with van der Waals surface area (Å²) >= 11 is 5.60. The van der Waals surface area contributed by atoms with Gasteiger partial charge in [-0.25, -0.2) is 13.1 Å². The Bertz CT molecular complexity index is 416. The Labute approximate surface area is 80.6 Å². The largest absolute Gasteiger partial charge is 0.324 e. The zero-order valence-corrected chi connectivity index (χ0v) is 7.89. The first-order chi connectivity index (χ1) is 6.08. The molecule has 0 atom stereocenters. The van der Waals surface area contributed by atoms with Crippen molar-refractivity contribution in [2.45, 2.75) is 4.90 Å². The van der Waals surface area contributed by atoms with Crippen molar-refractivity contribution in [3.63, 3.8) is 0 Å². The molecule has 0 aromatic heterocycles. The lowest BCUT2D eigenvalue weighted by atomic mass is 10.4. The third-order valence-electron chi connectivity index (χ3n) is 1.30. The number of rotatable bonds is 3. The lowest BCUT2D eigenvalue weighted by Crippen LogP contribution is -2.21. The van der Waals surface area contributed by atoms with Crippen molar-refractivity contribution in [2.75, 3.05) is 0 Å². The van der Waals surface area contributed by atoms with E-state index in [4.69, 9.17) is 11.6 Å². The molecule has 1 rings (SSSR count). The zero-order valence-electron chi connectivity index (χ0n) is 6.32. The van der Waals surface area contributed by atoms with Crippen LogP contribution in [0.5, 0.6) is 0 Å². The highest BCUT2D eigenvalue weighted by atomic mass is 35.5. The summed E-state index contributed by atoms with van der Waals surface area (Å²) in [5.74, 6) is 0. The molecule has 0 aliphatic heterocycles. The lowest BCUT2D eigenvalue weighted by Gasteiger charge is -2.02. The van der Waals surface area contributed by atoms with E-state index in [2.05, 4.69) is 0 Å². The molecule has 4 nitrogen and oxygen atoms in total. The number of sulfonamides is 1. The molecule has 13 heavy (non-hydrogen) atoms. The Kier molecular flexibility index (Phi) is 2.90. The second-order valence-corrected chi connectivity index (χ2v) is 4.20. The fourth-order valence-corrected chi connectivity index (χ4v) is 2.02. The van der Waals surface area contributed by atoms with Crippen LogP contribution in [0.1, 0.15) is 0 Å². The molecular formula is C7H5ClNO3S. The van der Waals surface area contributed by atoms with Crippen molar-refractivity contribution in [2.24, 2.45) is 0 Å². The summed E-state index contributed by atoms with van der Waals surface area (Å²) in [5.41, 5.74) is 0. The van der Waals surface area contributed by atoms with Crippen LogP contribution in [-0.2, 0) is 14.8 Å². The fourth-order valence-electron chi connectivity index (χ4n) is 0.773. The molecule has 0 saturated carbocycles. The molecule has 1 amide bonds. The highest BCUT2D eigenvalue weighted by Gasteiger charge is 2.15. The standard InChI is InChI=1S/C7H5ClNO3S/c8-6-3-1-2-4-7(6)13(11,12)9-5-10/h1-4H,(H,9,10). The van der Waals surface area contributed by atoms with E-state index in [9.17, 15) is 13.2 Å². The molecular weight excluding hydrogens is 214 g/mol. The molecule has 69 valence electrons. The molecule has 1 N–H and O–H groups in total. The van der Waals surface area contributed by atoms with Gasteiger partial charge >= 0.3 is 6.41 Å². The fraction of sp³-hybridized carbons (Fsp3) is 0. The minimum Gasteiger partial charge on any atom is -0.262 e. The third kappa shape index (κ3) is 2.19. The number of carbonyl (C=O) groups excluding carboxylic acids is 1. The minimum absolute atomic E-state index is 0.0604. The van der Waals surface area contributed by atoms with Gasteiger partial charge in [0.25, 0.3) is 10.0 Å². The number of hydrogen-bond acceptors (Lipinski definition) is 3. The summed E-state index contributed by atoms with van der Waals surface area (Å²) < 4.78 is 24.0. The minimum atomic E-state index is -3.85. The summed E-state index contributed by atoms with van der Waals surface area (Å²) in [6.07, 6.45) is 1.09. The molecule has 0 bridgehead atoms. The highest BCUT2D eigenvalue weighted by molar-refractivity contribution is 7.90. The van der Waals surface area contributed by atoms with Crippen molar-refractivity contribution in [1.29, 1.82) is 0 Å². The van der Waals surface area contributed by atoms with Crippen molar-refractivity contribution in [3.8, 4) is 0 Å². The summed E-state index contributed by atoms with van der Waals surface area (Å²) in [6.45, 7) is 0. The molecule has 0 aliphatic carbocycles. The second kappa shape index (κ2) is 3.76. The lowest BCUT2D eigenvalue weighted by molar-refractivity contribution is 0.547. The molecule has 0 heterocycles. The molecule has 1 radical (unpaired) electrons. The summed E-state index contributed by atoms with van der Waals surface area (Å²) in [5, 5.41) is 0.0604. The van der Waals surface area contributed by atoms with Gasteiger partial charge < -0.3 is 0 Å². The van der Waals surface area contributed by atoms with Crippen LogP contribution in [0.15, 0.2) is 29.2 Å². The van der Waals surface area contributed by atoms with E-state index in [0.717, 1.165) is 6.41 Å². The van der Waals surface area contributed by atoms with Gasteiger partial charge in [-0.15, -0.1) is 0 Å². The van der Waals surface area contributed by atoms with Crippen molar-refractivity contribution in [1.82, 2.24) is 4.72 Å². The smallest absolute Gasteiger partial charge is 0.262 e. The Hall–Kier alpha value is -1.07. The highest BCUT2D eigenvalue weighted by Crippen LogP contribution is 2.19. The summed E-state index contributed by atoms with van der Waals surface area (Å²) in [4.78, 5) is 9.71. The third-order valence-corrected chi connectivity index (χ3v) is 3.03. The number of amides is 1. The van der Waals surface area contributed by atoms with Gasteiger partial charge in [0.1, 0.15) is 4.90 Å². The van der Waals surface area contributed by atoms with Crippen LogP contribution in [-0.4, -0.2) is 14.8 Å². The predicted octanol–water partition coefficient (Wildman–Crippen LogP) is 0.685. The summed E-state index contributed by atoms with van der Waals surface area (Å²) in [6, 6.07) is 5.81. The SMILES string of the molecule is O=[C]NS(=O)(=O)c1ccccc1Cl. The normalized spacial score (nSPS) is 10.8. The van der Waals surface area contributed by atoms with Gasteiger partial charge in [-0.05, 0) is 12.1 Å². The van der Waals surface area contributed by atoms with Crippen molar-refractivity contribution < 1.29 is 13.2 Å². The van der Waals surface area contributed by atoms with Crippen LogP contribution in [0.2, 0.25) is 5.02 Å². The second-order valence-electron chi connectivity index (χ2n) is 2.14. The van der Waals surface area contributed by atoms with Gasteiger partial charge in [0.05, 0.1) is 5.02 Å². The van der Waals surface area contributed by atoms with Crippen LogP contribution >= 0.6 is 11.6 Å². The first kappa shape index (κ1) is 10.0. The molecule has 0 saturated heterocycles. The van der Waals surface area contributed by atoms with Gasteiger partial charge in [-0.1, -0.05) is 23.7 Å². The van der Waals surface area contributed by atoms with Crippen LogP contribution in [0, 0.1) is 0 Å². The number of nitrogens with one attached hydrogen (secondary N) is 1. The maximum Gasteiger partial charge on any atom is 0.324 e.